The van der Waals surface area contributed by atoms with Crippen molar-refractivity contribution in [2.24, 2.45) is 5.10 Å². The van der Waals surface area contributed by atoms with Gasteiger partial charge in [-0.3, -0.25) is 9.59 Å². The number of carbonyl (C=O) groups is 3. The molecule has 0 aliphatic carbocycles. The predicted molar refractivity (Wildman–Crippen MR) is 144 cm³/mol. The number of rotatable bonds is 12. The zero-order valence-corrected chi connectivity index (χ0v) is 21.7. The highest BCUT2D eigenvalue weighted by molar-refractivity contribution is 5.97. The lowest BCUT2D eigenvalue weighted by Gasteiger charge is -2.12. The van der Waals surface area contributed by atoms with E-state index in [0.29, 0.717) is 41.4 Å². The molecule has 0 spiro atoms. The first-order chi connectivity index (χ1) is 18.4. The van der Waals surface area contributed by atoms with Crippen LogP contribution in [-0.4, -0.2) is 43.8 Å². The van der Waals surface area contributed by atoms with Crippen molar-refractivity contribution in [3.05, 3.63) is 89.0 Å². The van der Waals surface area contributed by atoms with Crippen LogP contribution in [0.1, 0.15) is 52.1 Å². The van der Waals surface area contributed by atoms with Crippen molar-refractivity contribution < 1.29 is 28.6 Å². The zero-order valence-electron chi connectivity index (χ0n) is 21.7. The standard InChI is InChI=1S/C29H31N3O6/c1-4-16-37-23-13-11-22(12-14-23)29(35)38-25-15-10-21(17-26(25)36-5-2)18-31-32-27(33)19-30-28(34)24-9-7-6-8-20(24)3/h6-15,17-18H,4-5,16,19H2,1-3H3,(H,30,34)(H,32,33)/b31-18+. The van der Waals surface area contributed by atoms with Gasteiger partial charge < -0.3 is 19.5 Å². The minimum atomic E-state index is -0.533. The summed E-state index contributed by atoms with van der Waals surface area (Å²) >= 11 is 0. The number of nitrogens with one attached hydrogen (secondary N) is 2. The molecule has 2 amide bonds. The van der Waals surface area contributed by atoms with Crippen molar-refractivity contribution in [3.63, 3.8) is 0 Å². The highest BCUT2D eigenvalue weighted by atomic mass is 16.6. The molecule has 3 rings (SSSR count). The second-order valence-electron chi connectivity index (χ2n) is 8.19. The Morgan fingerprint density at radius 2 is 1.68 bits per heavy atom. The average Bonchev–Trinajstić information content (AvgIpc) is 2.92. The smallest absolute Gasteiger partial charge is 0.343 e. The molecule has 0 aliphatic heterocycles. The number of aryl methyl sites for hydroxylation is 1. The zero-order chi connectivity index (χ0) is 27.3. The van der Waals surface area contributed by atoms with Gasteiger partial charge in [0.2, 0.25) is 0 Å². The number of benzene rings is 3. The lowest BCUT2D eigenvalue weighted by molar-refractivity contribution is -0.120. The molecule has 0 atom stereocenters. The molecule has 3 aromatic rings. The van der Waals surface area contributed by atoms with E-state index >= 15 is 0 Å². The summed E-state index contributed by atoms with van der Waals surface area (Å²) in [6, 6.07) is 18.7. The van der Waals surface area contributed by atoms with Gasteiger partial charge in [0.1, 0.15) is 5.75 Å². The number of carbonyl (C=O) groups excluding carboxylic acids is 3. The van der Waals surface area contributed by atoms with E-state index in [9.17, 15) is 14.4 Å². The average molecular weight is 518 g/mol. The Labute approximate surface area is 221 Å². The van der Waals surface area contributed by atoms with E-state index in [1.54, 1.807) is 54.6 Å². The lowest BCUT2D eigenvalue weighted by atomic mass is 10.1. The summed E-state index contributed by atoms with van der Waals surface area (Å²) in [5.41, 5.74) is 4.67. The van der Waals surface area contributed by atoms with Crippen LogP contribution in [0.3, 0.4) is 0 Å². The van der Waals surface area contributed by atoms with E-state index < -0.39 is 11.9 Å². The molecule has 9 nitrogen and oxygen atoms in total. The van der Waals surface area contributed by atoms with Crippen molar-refractivity contribution in [1.29, 1.82) is 0 Å². The van der Waals surface area contributed by atoms with Crippen molar-refractivity contribution in [2.45, 2.75) is 27.2 Å². The fraction of sp³-hybridized carbons (Fsp3) is 0.241. The normalized spacial score (nSPS) is 10.6. The van der Waals surface area contributed by atoms with Crippen molar-refractivity contribution in [3.8, 4) is 17.2 Å². The highest BCUT2D eigenvalue weighted by Crippen LogP contribution is 2.29. The van der Waals surface area contributed by atoms with Gasteiger partial charge in [0.25, 0.3) is 11.8 Å². The van der Waals surface area contributed by atoms with Gasteiger partial charge in [-0.1, -0.05) is 25.1 Å². The molecular formula is C29H31N3O6. The maximum Gasteiger partial charge on any atom is 0.343 e. The van der Waals surface area contributed by atoms with Crippen molar-refractivity contribution in [1.82, 2.24) is 10.7 Å². The van der Waals surface area contributed by atoms with Gasteiger partial charge in [-0.05, 0) is 79.9 Å². The first kappa shape index (κ1) is 27.9. The SMILES string of the molecule is CCCOc1ccc(C(=O)Oc2ccc(/C=N/NC(=O)CNC(=O)c3ccccc3C)cc2OCC)cc1. The molecule has 0 radical (unpaired) electrons. The van der Waals surface area contributed by atoms with E-state index in [2.05, 4.69) is 15.8 Å². The lowest BCUT2D eigenvalue weighted by Crippen LogP contribution is -2.35. The van der Waals surface area contributed by atoms with Crippen LogP contribution >= 0.6 is 0 Å². The van der Waals surface area contributed by atoms with E-state index in [1.807, 2.05) is 32.9 Å². The van der Waals surface area contributed by atoms with E-state index in [-0.39, 0.29) is 18.2 Å². The summed E-state index contributed by atoms with van der Waals surface area (Å²) in [6.45, 7) is 6.38. The minimum Gasteiger partial charge on any atom is -0.494 e. The molecule has 9 heteroatoms. The third-order valence-electron chi connectivity index (χ3n) is 5.24. The molecule has 0 aliphatic rings. The Bertz CT molecular complexity index is 1290. The van der Waals surface area contributed by atoms with Crippen LogP contribution in [0.25, 0.3) is 0 Å². The summed E-state index contributed by atoms with van der Waals surface area (Å²) in [5, 5.41) is 6.49. The first-order valence-corrected chi connectivity index (χ1v) is 12.3. The topological polar surface area (TPSA) is 115 Å². The number of hydrogen-bond donors (Lipinski definition) is 2. The predicted octanol–water partition coefficient (Wildman–Crippen LogP) is 4.28. The Balaban J connectivity index is 1.56. The van der Waals surface area contributed by atoms with Gasteiger partial charge in [-0.15, -0.1) is 0 Å². The van der Waals surface area contributed by atoms with Gasteiger partial charge in [-0.25, -0.2) is 10.2 Å². The number of ether oxygens (including phenoxy) is 3. The van der Waals surface area contributed by atoms with Crippen molar-refractivity contribution in [2.75, 3.05) is 19.8 Å². The Morgan fingerprint density at radius 1 is 0.921 bits per heavy atom. The summed E-state index contributed by atoms with van der Waals surface area (Å²) in [6.07, 6.45) is 2.31. The van der Waals surface area contributed by atoms with Gasteiger partial charge in [0.15, 0.2) is 11.5 Å². The number of amides is 2. The molecule has 0 saturated heterocycles. The van der Waals surface area contributed by atoms with Gasteiger partial charge in [-0.2, -0.15) is 5.10 Å². The van der Waals surface area contributed by atoms with Crippen LogP contribution in [0, 0.1) is 6.92 Å². The molecule has 3 aromatic carbocycles. The Kier molecular flexibility index (Phi) is 10.4. The van der Waals surface area contributed by atoms with Crippen LogP contribution in [0.4, 0.5) is 0 Å². The van der Waals surface area contributed by atoms with Crippen LogP contribution in [0.2, 0.25) is 0 Å². The summed E-state index contributed by atoms with van der Waals surface area (Å²) in [5.74, 6) is -0.0654. The third-order valence-corrected chi connectivity index (χ3v) is 5.24. The Morgan fingerprint density at radius 3 is 2.39 bits per heavy atom. The molecule has 198 valence electrons. The number of esters is 1. The van der Waals surface area contributed by atoms with Gasteiger partial charge in [0.05, 0.1) is 31.5 Å². The van der Waals surface area contributed by atoms with E-state index in [0.717, 1.165) is 12.0 Å². The van der Waals surface area contributed by atoms with E-state index in [1.165, 1.54) is 6.21 Å². The minimum absolute atomic E-state index is 0.227. The van der Waals surface area contributed by atoms with Crippen LogP contribution in [-0.2, 0) is 4.79 Å². The van der Waals surface area contributed by atoms with Crippen LogP contribution < -0.4 is 25.0 Å². The van der Waals surface area contributed by atoms with Crippen LogP contribution in [0.5, 0.6) is 17.2 Å². The van der Waals surface area contributed by atoms with Crippen LogP contribution in [0.15, 0.2) is 71.8 Å². The molecular weight excluding hydrogens is 486 g/mol. The third kappa shape index (κ3) is 8.19. The molecule has 0 fully saturated rings. The number of hydrazone groups is 1. The molecule has 0 aromatic heterocycles. The van der Waals surface area contributed by atoms with Gasteiger partial charge >= 0.3 is 5.97 Å². The molecule has 0 bridgehead atoms. The fourth-order valence-corrected chi connectivity index (χ4v) is 3.33. The summed E-state index contributed by atoms with van der Waals surface area (Å²) in [4.78, 5) is 36.9. The molecule has 0 unspecified atom stereocenters. The molecule has 0 saturated carbocycles. The van der Waals surface area contributed by atoms with E-state index in [4.69, 9.17) is 14.2 Å². The summed E-state index contributed by atoms with van der Waals surface area (Å²) in [7, 11) is 0. The number of hydrogen-bond acceptors (Lipinski definition) is 7. The maximum absolute atomic E-state index is 12.6. The Hall–Kier alpha value is -4.66. The quantitative estimate of drug-likeness (QED) is 0.160. The molecule has 0 heterocycles. The van der Waals surface area contributed by atoms with Gasteiger partial charge in [0, 0.05) is 5.56 Å². The second-order valence-corrected chi connectivity index (χ2v) is 8.19. The maximum atomic E-state index is 12.6. The second kappa shape index (κ2) is 14.2. The molecule has 38 heavy (non-hydrogen) atoms. The van der Waals surface area contributed by atoms with Crippen molar-refractivity contribution >= 4 is 24.0 Å². The highest BCUT2D eigenvalue weighted by Gasteiger charge is 2.14. The fourth-order valence-electron chi connectivity index (χ4n) is 3.33. The number of nitrogens with zero attached hydrogens (tertiary/aromatic N) is 1. The summed E-state index contributed by atoms with van der Waals surface area (Å²) < 4.78 is 16.7. The largest absolute Gasteiger partial charge is 0.494 e. The monoisotopic (exact) mass is 517 g/mol. The molecule has 2 N–H and O–H groups in total. The first-order valence-electron chi connectivity index (χ1n) is 12.3.